The Balaban J connectivity index is 1.25. The molecule has 0 spiro atoms. The number of oxazole rings is 1. The van der Waals surface area contributed by atoms with Crippen molar-refractivity contribution in [3.8, 4) is 11.6 Å². The van der Waals surface area contributed by atoms with Gasteiger partial charge in [-0.1, -0.05) is 6.07 Å². The van der Waals surface area contributed by atoms with Crippen LogP contribution in [0.3, 0.4) is 0 Å². The van der Waals surface area contributed by atoms with Gasteiger partial charge in [0.1, 0.15) is 23.4 Å². The van der Waals surface area contributed by atoms with E-state index in [0.29, 0.717) is 49.0 Å². The molecule has 10 nitrogen and oxygen atoms in total. The molecule has 0 aromatic carbocycles. The zero-order chi connectivity index (χ0) is 23.1. The minimum absolute atomic E-state index is 0.0293. The molecule has 6 heterocycles. The number of nitrogens with zero attached hydrogens (tertiary/aromatic N) is 7. The molecule has 0 saturated heterocycles. The fraction of sp³-hybridized carbons (Fsp3) is 0.208. The van der Waals surface area contributed by atoms with Crippen molar-refractivity contribution in [2.75, 3.05) is 11.9 Å². The van der Waals surface area contributed by atoms with Crippen molar-refractivity contribution in [1.82, 2.24) is 34.0 Å². The van der Waals surface area contributed by atoms with Gasteiger partial charge in [-0.2, -0.15) is 5.10 Å². The first kappa shape index (κ1) is 20.2. The van der Waals surface area contributed by atoms with Crippen LogP contribution >= 0.6 is 0 Å². The molecule has 5 aromatic heterocycles. The summed E-state index contributed by atoms with van der Waals surface area (Å²) in [7, 11) is 1.87. The van der Waals surface area contributed by atoms with Crippen LogP contribution in [-0.2, 0) is 26.6 Å². The molecule has 1 aliphatic rings. The lowest BCUT2D eigenvalue weighted by molar-refractivity contribution is 0.0780. The zero-order valence-electron chi connectivity index (χ0n) is 18.5. The van der Waals surface area contributed by atoms with Crippen LogP contribution in [0.25, 0.3) is 17.2 Å². The Kier molecular flexibility index (Phi) is 4.83. The molecule has 1 amide bonds. The molecule has 1 N–H and O–H groups in total. The summed E-state index contributed by atoms with van der Waals surface area (Å²) in [6.07, 6.45) is 11.5. The van der Waals surface area contributed by atoms with Crippen molar-refractivity contribution in [1.29, 1.82) is 0 Å². The Hall–Kier alpha value is -4.47. The third-order valence-electron chi connectivity index (χ3n) is 5.91. The Bertz CT molecular complexity index is 1450. The van der Waals surface area contributed by atoms with E-state index in [1.54, 1.807) is 17.1 Å². The summed E-state index contributed by atoms with van der Waals surface area (Å²) in [5, 5.41) is 7.49. The lowest BCUT2D eigenvalue weighted by Gasteiger charge is -2.14. The van der Waals surface area contributed by atoms with Crippen molar-refractivity contribution in [3.63, 3.8) is 0 Å². The first-order chi connectivity index (χ1) is 16.6. The molecule has 10 heteroatoms. The first-order valence-electron chi connectivity index (χ1n) is 11.0. The van der Waals surface area contributed by atoms with Crippen molar-refractivity contribution in [2.24, 2.45) is 7.05 Å². The summed E-state index contributed by atoms with van der Waals surface area (Å²) in [5.41, 5.74) is 4.89. The standard InChI is InChI=1S/C24H22N8O2/c1-30-13-16(12-27-30)11-26-20-10-18-19(22(29-20)23-25-6-9-34-23)15-32(24(18)33)8-5-17-14-31-7-3-2-4-21(31)28-17/h2-4,6-7,9-10,12-14H,5,8,11,15H2,1H3,(H,26,29). The van der Waals surface area contributed by atoms with E-state index in [0.717, 1.165) is 22.5 Å². The molecule has 34 heavy (non-hydrogen) atoms. The minimum atomic E-state index is -0.0293. The average molecular weight is 454 g/mol. The molecule has 6 rings (SSSR count). The van der Waals surface area contributed by atoms with Crippen LogP contribution in [0.5, 0.6) is 0 Å². The van der Waals surface area contributed by atoms with Crippen LogP contribution in [0.2, 0.25) is 0 Å². The summed E-state index contributed by atoms with van der Waals surface area (Å²) in [6.45, 7) is 1.55. The lowest BCUT2D eigenvalue weighted by Crippen LogP contribution is -2.26. The summed E-state index contributed by atoms with van der Waals surface area (Å²) < 4.78 is 9.27. The fourth-order valence-corrected chi connectivity index (χ4v) is 4.26. The predicted molar refractivity (Wildman–Crippen MR) is 124 cm³/mol. The monoisotopic (exact) mass is 454 g/mol. The van der Waals surface area contributed by atoms with Crippen molar-refractivity contribution < 1.29 is 9.21 Å². The molecule has 0 fully saturated rings. The highest BCUT2D eigenvalue weighted by Crippen LogP contribution is 2.33. The summed E-state index contributed by atoms with van der Waals surface area (Å²) in [5.74, 6) is 0.959. The van der Waals surface area contributed by atoms with E-state index in [2.05, 4.69) is 20.4 Å². The molecule has 0 saturated carbocycles. The topological polar surface area (TPSA) is 106 Å². The first-order valence-corrected chi connectivity index (χ1v) is 11.0. The van der Waals surface area contributed by atoms with Crippen molar-refractivity contribution in [2.45, 2.75) is 19.5 Å². The molecule has 0 bridgehead atoms. The Morgan fingerprint density at radius 1 is 1.21 bits per heavy atom. The maximum atomic E-state index is 13.3. The van der Waals surface area contributed by atoms with E-state index in [1.165, 1.54) is 6.26 Å². The van der Waals surface area contributed by atoms with Crippen LogP contribution in [0.1, 0.15) is 27.2 Å². The minimum Gasteiger partial charge on any atom is -0.443 e. The van der Waals surface area contributed by atoms with E-state index < -0.39 is 0 Å². The Labute approximate surface area is 194 Å². The van der Waals surface area contributed by atoms with E-state index in [1.807, 2.05) is 59.2 Å². The number of fused-ring (bicyclic) bond motifs is 2. The smallest absolute Gasteiger partial charge is 0.254 e. The quantitative estimate of drug-likeness (QED) is 0.403. The molecular weight excluding hydrogens is 432 g/mol. The third-order valence-corrected chi connectivity index (χ3v) is 5.91. The number of anilines is 1. The molecule has 0 aliphatic carbocycles. The van der Waals surface area contributed by atoms with Crippen molar-refractivity contribution >= 4 is 17.4 Å². The molecule has 0 unspecified atom stereocenters. The van der Waals surface area contributed by atoms with Gasteiger partial charge in [0.25, 0.3) is 5.91 Å². The van der Waals surface area contributed by atoms with Crippen LogP contribution in [0.15, 0.2) is 65.9 Å². The van der Waals surface area contributed by atoms with Gasteiger partial charge in [0.2, 0.25) is 5.89 Å². The Morgan fingerprint density at radius 2 is 2.15 bits per heavy atom. The number of nitrogens with one attached hydrogen (secondary N) is 1. The highest BCUT2D eigenvalue weighted by Gasteiger charge is 2.32. The second-order valence-electron chi connectivity index (χ2n) is 8.27. The number of carbonyl (C=O) groups is 1. The van der Waals surface area contributed by atoms with E-state index >= 15 is 0 Å². The second kappa shape index (κ2) is 8.14. The maximum absolute atomic E-state index is 13.3. The van der Waals surface area contributed by atoms with Gasteiger partial charge in [-0.25, -0.2) is 15.0 Å². The second-order valence-corrected chi connectivity index (χ2v) is 8.27. The highest BCUT2D eigenvalue weighted by atomic mass is 16.3. The Morgan fingerprint density at radius 3 is 2.94 bits per heavy atom. The highest BCUT2D eigenvalue weighted by molar-refractivity contribution is 6.00. The van der Waals surface area contributed by atoms with Gasteiger partial charge in [0.05, 0.1) is 23.7 Å². The largest absolute Gasteiger partial charge is 0.443 e. The fourth-order valence-electron chi connectivity index (χ4n) is 4.26. The lowest BCUT2D eigenvalue weighted by atomic mass is 10.1. The number of hydrogen-bond donors (Lipinski definition) is 1. The zero-order valence-corrected chi connectivity index (χ0v) is 18.5. The van der Waals surface area contributed by atoms with Crippen molar-refractivity contribution in [3.05, 3.63) is 83.9 Å². The van der Waals surface area contributed by atoms with Crippen LogP contribution in [0.4, 0.5) is 5.82 Å². The summed E-state index contributed by atoms with van der Waals surface area (Å²) in [6, 6.07) is 7.71. The van der Waals surface area contributed by atoms with Gasteiger partial charge in [0.15, 0.2) is 0 Å². The van der Waals surface area contributed by atoms with Crippen LogP contribution in [0, 0.1) is 0 Å². The molecular formula is C24H22N8O2. The molecule has 1 aliphatic heterocycles. The molecule has 5 aromatic rings. The van der Waals surface area contributed by atoms with Gasteiger partial charge in [-0.05, 0) is 18.2 Å². The maximum Gasteiger partial charge on any atom is 0.254 e. The molecule has 0 radical (unpaired) electrons. The van der Waals surface area contributed by atoms with Gasteiger partial charge in [-0.3, -0.25) is 9.48 Å². The van der Waals surface area contributed by atoms with Gasteiger partial charge in [0, 0.05) is 62.8 Å². The van der Waals surface area contributed by atoms with Gasteiger partial charge in [-0.15, -0.1) is 0 Å². The number of pyridine rings is 2. The van der Waals surface area contributed by atoms with Crippen LogP contribution in [-0.4, -0.2) is 46.5 Å². The number of rotatable bonds is 7. The summed E-state index contributed by atoms with van der Waals surface area (Å²) >= 11 is 0. The number of carbonyl (C=O) groups excluding carboxylic acids is 1. The normalized spacial score (nSPS) is 13.1. The number of aromatic nitrogens is 6. The average Bonchev–Trinajstić information content (AvgIpc) is 3.63. The number of imidazole rings is 1. The predicted octanol–water partition coefficient (Wildman–Crippen LogP) is 2.93. The SMILES string of the molecule is Cn1cc(CNc2cc3c(c(-c4ncco4)n2)CN(CCc2cn4ccccc4n2)C3=O)cn1. The number of amides is 1. The number of hydrogen-bond acceptors (Lipinski definition) is 7. The summed E-state index contributed by atoms with van der Waals surface area (Å²) in [4.78, 5) is 28.8. The van der Waals surface area contributed by atoms with E-state index in [-0.39, 0.29) is 5.91 Å². The van der Waals surface area contributed by atoms with Crippen LogP contribution < -0.4 is 5.32 Å². The number of aryl methyl sites for hydroxylation is 1. The third kappa shape index (κ3) is 3.68. The molecule has 0 atom stereocenters. The van der Waals surface area contributed by atoms with E-state index in [9.17, 15) is 4.79 Å². The van der Waals surface area contributed by atoms with Gasteiger partial charge >= 0.3 is 0 Å². The molecule has 170 valence electrons. The van der Waals surface area contributed by atoms with E-state index in [4.69, 9.17) is 9.40 Å². The van der Waals surface area contributed by atoms with Gasteiger partial charge < -0.3 is 19.0 Å².